The van der Waals surface area contributed by atoms with Crippen molar-refractivity contribution in [2.75, 3.05) is 5.73 Å². The van der Waals surface area contributed by atoms with Gasteiger partial charge < -0.3 is 15.8 Å². The van der Waals surface area contributed by atoms with Gasteiger partial charge in [-0.3, -0.25) is 0 Å². The van der Waals surface area contributed by atoms with E-state index in [1.165, 1.54) is 6.07 Å². The van der Waals surface area contributed by atoms with Crippen molar-refractivity contribution in [2.45, 2.75) is 95.7 Å². The molecule has 34 heavy (non-hydrogen) atoms. The van der Waals surface area contributed by atoms with Crippen LogP contribution in [0.15, 0.2) is 23.1 Å². The van der Waals surface area contributed by atoms with Crippen molar-refractivity contribution in [1.29, 1.82) is 0 Å². The second-order valence-corrected chi connectivity index (χ2v) is 12.9. The lowest BCUT2D eigenvalue weighted by Crippen LogP contribution is -2.40. The number of hydrogen-bond acceptors (Lipinski definition) is 7. The topological polar surface area (TPSA) is 123 Å². The lowest BCUT2D eigenvalue weighted by molar-refractivity contribution is 0.109. The minimum atomic E-state index is -3.78. The van der Waals surface area contributed by atoms with Crippen LogP contribution in [0.2, 0.25) is 0 Å². The molecule has 0 aliphatic heterocycles. The van der Waals surface area contributed by atoms with E-state index in [-0.39, 0.29) is 29.1 Å². The third kappa shape index (κ3) is 6.70. The van der Waals surface area contributed by atoms with Crippen LogP contribution in [0.3, 0.4) is 0 Å². The molecule has 1 saturated carbocycles. The van der Waals surface area contributed by atoms with E-state index in [1.54, 1.807) is 44.2 Å². The van der Waals surface area contributed by atoms with Crippen LogP contribution in [0.1, 0.15) is 76.9 Å². The molecule has 1 fully saturated rings. The number of amides is 1. The summed E-state index contributed by atoms with van der Waals surface area (Å²) in [5, 5.41) is 3.95. The van der Waals surface area contributed by atoms with E-state index in [1.807, 2.05) is 20.8 Å². The van der Waals surface area contributed by atoms with E-state index in [4.69, 9.17) is 15.5 Å². The first-order valence-corrected chi connectivity index (χ1v) is 13.9. The monoisotopic (exact) mass is 508 g/mol. The highest BCUT2D eigenvalue weighted by atomic mass is 32.2. The number of rotatable bonds is 6. The normalized spacial score (nSPS) is 19.3. The van der Waals surface area contributed by atoms with Gasteiger partial charge in [-0.15, -0.1) is 11.3 Å². The zero-order valence-corrected chi connectivity index (χ0v) is 22.4. The number of aromatic nitrogens is 1. The number of alkyl carbamates (subject to hydrolysis) is 1. The van der Waals surface area contributed by atoms with Gasteiger partial charge in [-0.25, -0.2) is 22.9 Å². The molecule has 1 aromatic carbocycles. The van der Waals surface area contributed by atoms with Crippen molar-refractivity contribution in [3.05, 3.63) is 28.9 Å². The van der Waals surface area contributed by atoms with Gasteiger partial charge >= 0.3 is 6.09 Å². The highest BCUT2D eigenvalue weighted by Crippen LogP contribution is 2.41. The summed E-state index contributed by atoms with van der Waals surface area (Å²) in [5.41, 5.74) is 7.14. The van der Waals surface area contributed by atoms with Gasteiger partial charge in [0, 0.05) is 28.7 Å². The van der Waals surface area contributed by atoms with Gasteiger partial charge in [0.15, 0.2) is 0 Å². The number of carbonyl (C=O) groups is 1. The zero-order chi connectivity index (χ0) is 25.3. The average Bonchev–Trinajstić information content (AvgIpc) is 3.07. The van der Waals surface area contributed by atoms with E-state index in [2.05, 4.69) is 10.0 Å². The molecule has 4 N–H and O–H groups in total. The number of nitrogen functional groups attached to an aromatic ring is 1. The Balaban J connectivity index is 1.81. The van der Waals surface area contributed by atoms with E-state index in [0.717, 1.165) is 41.3 Å². The molecule has 0 unspecified atom stereocenters. The van der Waals surface area contributed by atoms with Crippen molar-refractivity contribution < 1.29 is 17.9 Å². The number of ether oxygens (including phenoxy) is 1. The summed E-state index contributed by atoms with van der Waals surface area (Å²) >= 11 is 1.54. The molecule has 1 heterocycles. The molecule has 0 radical (unpaired) electrons. The fourth-order valence-electron chi connectivity index (χ4n) is 4.15. The molecule has 1 aliphatic carbocycles. The molecule has 0 bridgehead atoms. The summed E-state index contributed by atoms with van der Waals surface area (Å²) in [6.45, 7) is 11.0. The van der Waals surface area contributed by atoms with Crippen molar-refractivity contribution in [2.24, 2.45) is 0 Å². The minimum Gasteiger partial charge on any atom is -0.447 e. The molecule has 1 aliphatic rings. The Kier molecular flexibility index (Phi) is 7.94. The second-order valence-electron chi connectivity index (χ2n) is 10.2. The number of anilines is 1. The predicted octanol–water partition coefficient (Wildman–Crippen LogP) is 4.94. The van der Waals surface area contributed by atoms with Crippen LogP contribution in [-0.2, 0) is 14.8 Å². The summed E-state index contributed by atoms with van der Waals surface area (Å²) < 4.78 is 34.3. The first-order chi connectivity index (χ1) is 15.7. The van der Waals surface area contributed by atoms with E-state index >= 15 is 0 Å². The predicted molar refractivity (Wildman–Crippen MR) is 137 cm³/mol. The Labute approximate surface area is 206 Å². The maximum Gasteiger partial charge on any atom is 0.407 e. The Morgan fingerprint density at radius 1 is 1.21 bits per heavy atom. The summed E-state index contributed by atoms with van der Waals surface area (Å²) in [5.74, 6) is 0.276. The van der Waals surface area contributed by atoms with Crippen LogP contribution >= 0.6 is 11.3 Å². The van der Waals surface area contributed by atoms with Crippen molar-refractivity contribution in [3.63, 3.8) is 0 Å². The van der Waals surface area contributed by atoms with E-state index in [0.29, 0.717) is 11.3 Å². The van der Waals surface area contributed by atoms with Gasteiger partial charge in [0.1, 0.15) is 0 Å². The second kappa shape index (κ2) is 10.2. The highest BCUT2D eigenvalue weighted by Gasteiger charge is 2.29. The summed E-state index contributed by atoms with van der Waals surface area (Å²) in [7, 11) is -3.78. The number of aryl methyl sites for hydroxylation is 1. The van der Waals surface area contributed by atoms with Gasteiger partial charge in [-0.05, 0) is 79.4 Å². The molecule has 3 rings (SSSR count). The van der Waals surface area contributed by atoms with E-state index < -0.39 is 15.6 Å². The molecule has 0 atom stereocenters. The van der Waals surface area contributed by atoms with Crippen LogP contribution in [0.4, 0.5) is 10.5 Å². The smallest absolute Gasteiger partial charge is 0.407 e. The Hall–Kier alpha value is -2.17. The SMILES string of the molecule is Cc1nc(C2CCC(NC(=O)OC(C)C)CC2)sc1-c1ccc(N)cc1S(=O)(=O)NC(C)(C)C. The molecule has 0 spiro atoms. The van der Waals surface area contributed by atoms with Crippen LogP contribution in [0.5, 0.6) is 0 Å². The zero-order valence-electron chi connectivity index (χ0n) is 20.8. The molecule has 0 saturated heterocycles. The first-order valence-electron chi connectivity index (χ1n) is 11.6. The highest BCUT2D eigenvalue weighted by molar-refractivity contribution is 7.89. The van der Waals surface area contributed by atoms with Crippen LogP contribution in [0, 0.1) is 6.92 Å². The molecular weight excluding hydrogens is 472 g/mol. The van der Waals surface area contributed by atoms with E-state index in [9.17, 15) is 13.2 Å². The molecule has 2 aromatic rings. The Morgan fingerprint density at radius 3 is 2.44 bits per heavy atom. The van der Waals surface area contributed by atoms with Crippen molar-refractivity contribution >= 4 is 33.1 Å². The molecule has 188 valence electrons. The number of nitrogens with one attached hydrogen (secondary N) is 2. The number of sulfonamides is 1. The van der Waals surface area contributed by atoms with Crippen LogP contribution in [-0.4, -0.2) is 37.2 Å². The summed E-state index contributed by atoms with van der Waals surface area (Å²) in [4.78, 5) is 17.7. The number of nitrogens with two attached hydrogens (primary N) is 1. The number of carbonyl (C=O) groups excluding carboxylic acids is 1. The van der Waals surface area contributed by atoms with Crippen molar-refractivity contribution in [3.8, 4) is 10.4 Å². The Bertz CT molecular complexity index is 1130. The number of nitrogens with zero attached hydrogens (tertiary/aromatic N) is 1. The lowest BCUT2D eigenvalue weighted by Gasteiger charge is -2.28. The van der Waals surface area contributed by atoms with Gasteiger partial charge in [-0.1, -0.05) is 6.07 Å². The maximum absolute atomic E-state index is 13.2. The fraction of sp³-hybridized carbons (Fsp3) is 0.583. The third-order valence-electron chi connectivity index (χ3n) is 5.53. The van der Waals surface area contributed by atoms with Crippen LogP contribution in [0.25, 0.3) is 10.4 Å². The number of thiazole rings is 1. The quantitative estimate of drug-likeness (QED) is 0.475. The Morgan fingerprint density at radius 2 is 1.85 bits per heavy atom. The summed E-state index contributed by atoms with van der Waals surface area (Å²) in [6.07, 6.45) is 2.99. The summed E-state index contributed by atoms with van der Waals surface area (Å²) in [6, 6.07) is 5.09. The van der Waals surface area contributed by atoms with Crippen LogP contribution < -0.4 is 15.8 Å². The number of benzene rings is 1. The van der Waals surface area contributed by atoms with Gasteiger partial charge in [0.25, 0.3) is 0 Å². The first kappa shape index (κ1) is 26.4. The van der Waals surface area contributed by atoms with Gasteiger partial charge in [-0.2, -0.15) is 0 Å². The molecule has 1 aromatic heterocycles. The molecule has 8 nitrogen and oxygen atoms in total. The van der Waals surface area contributed by atoms with Gasteiger partial charge in [0.05, 0.1) is 26.6 Å². The minimum absolute atomic E-state index is 0.0975. The standard InChI is InChI=1S/C24H36N4O4S2/c1-14(2)32-23(29)27-18-10-7-16(8-11-18)22-26-15(3)21(33-22)19-12-9-17(25)13-20(19)34(30,31)28-24(4,5)6/h9,12-14,16,18,28H,7-8,10-11,25H2,1-6H3,(H,27,29). The van der Waals surface area contributed by atoms with Crippen molar-refractivity contribution in [1.82, 2.24) is 15.0 Å². The average molecular weight is 509 g/mol. The molecule has 10 heteroatoms. The largest absolute Gasteiger partial charge is 0.447 e. The maximum atomic E-state index is 13.2. The molecule has 1 amide bonds. The lowest BCUT2D eigenvalue weighted by atomic mass is 9.86. The third-order valence-corrected chi connectivity index (χ3v) is 8.69. The fourth-order valence-corrected chi connectivity index (χ4v) is 7.16. The van der Waals surface area contributed by atoms with Gasteiger partial charge in [0.2, 0.25) is 10.0 Å². The number of hydrogen-bond donors (Lipinski definition) is 3. The molecular formula is C24H36N4O4S2.